The van der Waals surface area contributed by atoms with Gasteiger partial charge in [0.2, 0.25) is 11.8 Å². The van der Waals surface area contributed by atoms with Gasteiger partial charge in [-0.1, -0.05) is 24.3 Å². The van der Waals surface area contributed by atoms with Gasteiger partial charge in [0, 0.05) is 32.5 Å². The lowest BCUT2D eigenvalue weighted by Crippen LogP contribution is -2.47. The molecular weight excluding hydrogens is 412 g/mol. The molecule has 0 radical (unpaired) electrons. The lowest BCUT2D eigenvalue weighted by atomic mass is 9.83. The third-order valence-electron chi connectivity index (χ3n) is 5.64. The first-order chi connectivity index (χ1) is 14.5. The Morgan fingerprint density at radius 2 is 1.87 bits per heavy atom. The van der Waals surface area contributed by atoms with Gasteiger partial charge in [-0.05, 0) is 48.2 Å². The van der Waals surface area contributed by atoms with Crippen molar-refractivity contribution in [3.05, 3.63) is 70.5 Å². The van der Waals surface area contributed by atoms with Gasteiger partial charge in [-0.25, -0.2) is 4.39 Å². The minimum Gasteiger partial charge on any atom is -0.352 e. The Labute approximate surface area is 178 Å². The van der Waals surface area contributed by atoms with E-state index in [1.807, 2.05) is 0 Å². The molecule has 2 aromatic carbocycles. The summed E-state index contributed by atoms with van der Waals surface area (Å²) >= 11 is 0. The monoisotopic (exact) mass is 436 g/mol. The van der Waals surface area contributed by atoms with Gasteiger partial charge < -0.3 is 10.2 Å². The summed E-state index contributed by atoms with van der Waals surface area (Å²) in [4.78, 5) is 26.4. The Bertz CT molecular complexity index is 974. The first-order valence-electron chi connectivity index (χ1n) is 10.00. The number of hydrogen-bond donors (Lipinski definition) is 1. The molecule has 2 amide bonds. The van der Waals surface area contributed by atoms with E-state index in [0.717, 1.165) is 17.7 Å². The average molecular weight is 436 g/mol. The van der Waals surface area contributed by atoms with Crippen molar-refractivity contribution in [2.45, 2.75) is 38.9 Å². The number of halogens is 4. The Hall–Kier alpha value is -2.90. The summed E-state index contributed by atoms with van der Waals surface area (Å²) in [5, 5.41) is 2.70. The third-order valence-corrected chi connectivity index (χ3v) is 5.64. The quantitative estimate of drug-likeness (QED) is 0.722. The van der Waals surface area contributed by atoms with Crippen LogP contribution in [0.3, 0.4) is 0 Å². The molecule has 0 aromatic heterocycles. The average Bonchev–Trinajstić information content (AvgIpc) is 2.73. The Morgan fingerprint density at radius 3 is 2.52 bits per heavy atom. The normalized spacial score (nSPS) is 19.2. The molecule has 1 aliphatic rings. The summed E-state index contributed by atoms with van der Waals surface area (Å²) in [7, 11) is 0. The van der Waals surface area contributed by atoms with Gasteiger partial charge in [0.05, 0.1) is 11.5 Å². The number of piperidine rings is 1. The van der Waals surface area contributed by atoms with Gasteiger partial charge in [-0.15, -0.1) is 0 Å². The molecule has 0 spiro atoms. The van der Waals surface area contributed by atoms with Gasteiger partial charge in [0.1, 0.15) is 5.82 Å². The maximum Gasteiger partial charge on any atom is 0.416 e. The second-order valence-corrected chi connectivity index (χ2v) is 7.98. The molecule has 2 atom stereocenters. The van der Waals surface area contributed by atoms with Crippen molar-refractivity contribution in [3.8, 4) is 0 Å². The fourth-order valence-corrected chi connectivity index (χ4v) is 3.90. The lowest BCUT2D eigenvalue weighted by Gasteiger charge is -2.37. The number of alkyl halides is 3. The molecule has 0 saturated carbocycles. The number of carbonyl (C=O) groups is 2. The van der Waals surface area contributed by atoms with Gasteiger partial charge in [0.15, 0.2) is 0 Å². The van der Waals surface area contributed by atoms with E-state index in [1.165, 1.54) is 25.1 Å². The second kappa shape index (κ2) is 9.08. The Morgan fingerprint density at radius 1 is 1.13 bits per heavy atom. The zero-order chi connectivity index (χ0) is 22.8. The SMILES string of the molecule is CC(=O)N1CC(C(=O)NCc2cccc(C(F)(F)F)c2)CC(c2ccc(F)c(C)c2)C1. The van der Waals surface area contributed by atoms with Crippen LogP contribution in [-0.2, 0) is 22.3 Å². The van der Waals surface area contributed by atoms with Crippen LogP contribution in [0.4, 0.5) is 17.6 Å². The molecule has 1 saturated heterocycles. The zero-order valence-corrected chi connectivity index (χ0v) is 17.3. The minimum atomic E-state index is -4.45. The van der Waals surface area contributed by atoms with Crippen molar-refractivity contribution in [1.29, 1.82) is 0 Å². The Balaban J connectivity index is 1.72. The number of benzene rings is 2. The highest BCUT2D eigenvalue weighted by Gasteiger charge is 2.34. The highest BCUT2D eigenvalue weighted by atomic mass is 19.4. The molecule has 166 valence electrons. The topological polar surface area (TPSA) is 49.4 Å². The number of aryl methyl sites for hydroxylation is 1. The number of hydrogen-bond acceptors (Lipinski definition) is 2. The van der Waals surface area contributed by atoms with Crippen molar-refractivity contribution in [1.82, 2.24) is 10.2 Å². The highest BCUT2D eigenvalue weighted by Crippen LogP contribution is 2.32. The molecule has 1 N–H and O–H groups in total. The maximum atomic E-state index is 13.6. The number of rotatable bonds is 4. The van der Waals surface area contributed by atoms with Crippen LogP contribution in [0.15, 0.2) is 42.5 Å². The predicted octanol–water partition coefficient (Wildman–Crippen LogP) is 4.42. The molecule has 8 heteroatoms. The van der Waals surface area contributed by atoms with Gasteiger partial charge in [0.25, 0.3) is 0 Å². The zero-order valence-electron chi connectivity index (χ0n) is 17.3. The van der Waals surface area contributed by atoms with E-state index in [4.69, 9.17) is 0 Å². The van der Waals surface area contributed by atoms with E-state index in [1.54, 1.807) is 24.0 Å². The third kappa shape index (κ3) is 5.62. The standard InChI is InChI=1S/C23H24F4N2O2/c1-14-8-17(6-7-21(14)24)18-10-19(13-29(12-18)15(2)30)22(31)28-11-16-4-3-5-20(9-16)23(25,26)27/h3-9,18-19H,10-13H2,1-2H3,(H,28,31). The van der Waals surface area contributed by atoms with E-state index in [9.17, 15) is 27.2 Å². The number of nitrogens with one attached hydrogen (secondary N) is 1. The largest absolute Gasteiger partial charge is 0.416 e. The lowest BCUT2D eigenvalue weighted by molar-refractivity contribution is -0.137. The van der Waals surface area contributed by atoms with E-state index in [0.29, 0.717) is 24.1 Å². The summed E-state index contributed by atoms with van der Waals surface area (Å²) in [5.41, 5.74) is 0.906. The number of carbonyl (C=O) groups excluding carboxylic acids is 2. The van der Waals surface area contributed by atoms with Gasteiger partial charge >= 0.3 is 6.18 Å². The summed E-state index contributed by atoms with van der Waals surface area (Å²) < 4.78 is 52.3. The van der Waals surface area contributed by atoms with Crippen LogP contribution < -0.4 is 5.32 Å². The van der Waals surface area contributed by atoms with E-state index in [-0.39, 0.29) is 36.6 Å². The Kier molecular flexibility index (Phi) is 6.67. The van der Waals surface area contributed by atoms with Crippen LogP contribution in [0.25, 0.3) is 0 Å². The number of nitrogens with zero attached hydrogens (tertiary/aromatic N) is 1. The van der Waals surface area contributed by atoms with Crippen LogP contribution in [0.5, 0.6) is 0 Å². The summed E-state index contributed by atoms with van der Waals surface area (Å²) in [5.74, 6) is -1.47. The molecular formula is C23H24F4N2O2. The predicted molar refractivity (Wildman–Crippen MR) is 108 cm³/mol. The fraction of sp³-hybridized carbons (Fsp3) is 0.391. The maximum absolute atomic E-state index is 13.6. The first-order valence-corrected chi connectivity index (χ1v) is 10.00. The molecule has 4 nitrogen and oxygen atoms in total. The van der Waals surface area contributed by atoms with Crippen molar-refractivity contribution >= 4 is 11.8 Å². The van der Waals surface area contributed by atoms with Crippen molar-refractivity contribution in [2.24, 2.45) is 5.92 Å². The van der Waals surface area contributed by atoms with Gasteiger partial charge in [-0.3, -0.25) is 9.59 Å². The van der Waals surface area contributed by atoms with E-state index in [2.05, 4.69) is 5.32 Å². The molecule has 1 fully saturated rings. The summed E-state index contributed by atoms with van der Waals surface area (Å²) in [6.45, 7) is 3.71. The molecule has 2 aromatic rings. The molecule has 31 heavy (non-hydrogen) atoms. The van der Waals surface area contributed by atoms with Crippen LogP contribution in [0, 0.1) is 18.7 Å². The smallest absolute Gasteiger partial charge is 0.352 e. The van der Waals surface area contributed by atoms with E-state index < -0.39 is 17.7 Å². The summed E-state index contributed by atoms with van der Waals surface area (Å²) in [6.07, 6.45) is -3.99. The molecule has 1 heterocycles. The van der Waals surface area contributed by atoms with Crippen molar-refractivity contribution < 1.29 is 27.2 Å². The van der Waals surface area contributed by atoms with Crippen molar-refractivity contribution in [3.63, 3.8) is 0 Å². The molecule has 3 rings (SSSR count). The number of likely N-dealkylation sites (tertiary alicyclic amines) is 1. The van der Waals surface area contributed by atoms with Crippen LogP contribution in [-0.4, -0.2) is 29.8 Å². The highest BCUT2D eigenvalue weighted by molar-refractivity contribution is 5.81. The second-order valence-electron chi connectivity index (χ2n) is 7.98. The first kappa shape index (κ1) is 22.8. The molecule has 1 aliphatic heterocycles. The number of amides is 2. The molecule has 0 bridgehead atoms. The summed E-state index contributed by atoms with van der Waals surface area (Å²) in [6, 6.07) is 9.56. The molecule has 2 unspecified atom stereocenters. The van der Waals surface area contributed by atoms with Crippen LogP contribution >= 0.6 is 0 Å². The molecule has 0 aliphatic carbocycles. The van der Waals surface area contributed by atoms with Crippen LogP contribution in [0.1, 0.15) is 41.5 Å². The van der Waals surface area contributed by atoms with Crippen LogP contribution in [0.2, 0.25) is 0 Å². The fourth-order valence-electron chi connectivity index (χ4n) is 3.90. The van der Waals surface area contributed by atoms with Gasteiger partial charge in [-0.2, -0.15) is 13.2 Å². The van der Waals surface area contributed by atoms with Crippen molar-refractivity contribution in [2.75, 3.05) is 13.1 Å². The minimum absolute atomic E-state index is 0.0420. The van der Waals surface area contributed by atoms with E-state index >= 15 is 0 Å².